The Morgan fingerprint density at radius 3 is 2.61 bits per heavy atom. The maximum atomic E-state index is 12.7. The third-order valence-electron chi connectivity index (χ3n) is 2.39. The van der Waals surface area contributed by atoms with Gasteiger partial charge in [0.05, 0.1) is 6.61 Å². The van der Waals surface area contributed by atoms with E-state index in [1.807, 2.05) is 0 Å². The number of halogens is 1. The van der Waals surface area contributed by atoms with Crippen LogP contribution in [0, 0.1) is 5.82 Å². The largest absolute Gasteiger partial charge is 0.511 e. The normalized spacial score (nSPS) is 15.3. The number of aliphatic hydroxyl groups excluding tert-OH is 1. The number of ether oxygens (including phenoxy) is 1. The molecule has 1 aromatic carbocycles. The van der Waals surface area contributed by atoms with Crippen LogP contribution in [0.2, 0.25) is 0 Å². The molecule has 0 saturated heterocycles. The highest BCUT2D eigenvalue weighted by atomic mass is 19.1. The van der Waals surface area contributed by atoms with E-state index in [0.717, 1.165) is 0 Å². The number of esters is 1. The summed E-state index contributed by atoms with van der Waals surface area (Å²) in [6.45, 7) is 0.0536. The second-order valence-electron chi connectivity index (χ2n) is 3.67. The van der Waals surface area contributed by atoms with Gasteiger partial charge in [0.25, 0.3) is 5.91 Å². The quantitative estimate of drug-likeness (QED) is 0.617. The van der Waals surface area contributed by atoms with Crippen molar-refractivity contribution >= 4 is 17.6 Å². The molecule has 18 heavy (non-hydrogen) atoms. The van der Waals surface area contributed by atoms with Crippen LogP contribution >= 0.6 is 0 Å². The molecule has 2 rings (SSSR count). The van der Waals surface area contributed by atoms with E-state index in [0.29, 0.717) is 5.69 Å². The van der Waals surface area contributed by atoms with E-state index in [4.69, 9.17) is 0 Å². The highest BCUT2D eigenvalue weighted by Crippen LogP contribution is 2.17. The lowest BCUT2D eigenvalue weighted by Crippen LogP contribution is -2.27. The van der Waals surface area contributed by atoms with E-state index < -0.39 is 23.3 Å². The second kappa shape index (κ2) is 4.87. The summed E-state index contributed by atoms with van der Waals surface area (Å²) in [5.74, 6) is -2.37. The Hall–Kier alpha value is -2.37. The summed E-state index contributed by atoms with van der Waals surface area (Å²) in [6, 6.07) is 5.03. The van der Waals surface area contributed by atoms with Crippen molar-refractivity contribution in [3.63, 3.8) is 0 Å². The molecule has 2 N–H and O–H groups in total. The van der Waals surface area contributed by atoms with Crippen LogP contribution in [-0.4, -0.2) is 23.6 Å². The van der Waals surface area contributed by atoms with E-state index in [1.165, 1.54) is 24.3 Å². The topological polar surface area (TPSA) is 75.6 Å². The Labute approximate surface area is 102 Å². The van der Waals surface area contributed by atoms with Crippen molar-refractivity contribution in [2.24, 2.45) is 0 Å². The van der Waals surface area contributed by atoms with Crippen molar-refractivity contribution in [2.45, 2.75) is 6.42 Å². The van der Waals surface area contributed by atoms with Gasteiger partial charge in [0, 0.05) is 12.1 Å². The summed E-state index contributed by atoms with van der Waals surface area (Å²) >= 11 is 0. The Balaban J connectivity index is 2.17. The molecule has 94 valence electrons. The van der Waals surface area contributed by atoms with Gasteiger partial charge in [-0.3, -0.25) is 4.79 Å². The van der Waals surface area contributed by atoms with Gasteiger partial charge in [0.15, 0.2) is 5.57 Å². The summed E-state index contributed by atoms with van der Waals surface area (Å²) in [6.07, 6.45) is 0.109. The number of cyclic esters (lactones) is 1. The maximum absolute atomic E-state index is 12.7. The molecule has 0 radical (unpaired) electrons. The molecule has 0 spiro atoms. The predicted molar refractivity (Wildman–Crippen MR) is 60.3 cm³/mol. The summed E-state index contributed by atoms with van der Waals surface area (Å²) in [5, 5.41) is 11.9. The number of rotatable bonds is 2. The Bertz CT molecular complexity index is 521. The predicted octanol–water partition coefficient (Wildman–Crippen LogP) is 1.52. The highest BCUT2D eigenvalue weighted by Gasteiger charge is 2.28. The van der Waals surface area contributed by atoms with Crippen LogP contribution in [0.1, 0.15) is 6.42 Å². The number of nitrogens with one attached hydrogen (secondary N) is 1. The summed E-state index contributed by atoms with van der Waals surface area (Å²) in [5.41, 5.74) is -0.0920. The SMILES string of the molecule is O=C(Nc1ccc(F)cc1)C1=C(O)CCOC1=O. The molecule has 0 saturated carbocycles. The van der Waals surface area contributed by atoms with E-state index >= 15 is 0 Å². The molecule has 0 fully saturated rings. The van der Waals surface area contributed by atoms with Crippen molar-refractivity contribution in [1.29, 1.82) is 0 Å². The molecule has 1 aliphatic rings. The van der Waals surface area contributed by atoms with E-state index in [9.17, 15) is 19.1 Å². The summed E-state index contributed by atoms with van der Waals surface area (Å²) in [7, 11) is 0. The first-order chi connectivity index (χ1) is 8.58. The van der Waals surface area contributed by atoms with Crippen molar-refractivity contribution in [2.75, 3.05) is 11.9 Å². The van der Waals surface area contributed by atoms with Crippen LogP contribution in [0.4, 0.5) is 10.1 Å². The number of hydrogen-bond acceptors (Lipinski definition) is 4. The van der Waals surface area contributed by atoms with Gasteiger partial charge in [-0.05, 0) is 24.3 Å². The first-order valence-electron chi connectivity index (χ1n) is 5.24. The lowest BCUT2D eigenvalue weighted by atomic mass is 10.1. The van der Waals surface area contributed by atoms with Gasteiger partial charge in [-0.1, -0.05) is 0 Å². The molecule has 1 heterocycles. The van der Waals surface area contributed by atoms with Crippen LogP contribution in [0.25, 0.3) is 0 Å². The number of hydrogen-bond donors (Lipinski definition) is 2. The molecule has 0 aromatic heterocycles. The molecular formula is C12H10FNO4. The minimum atomic E-state index is -0.863. The van der Waals surface area contributed by atoms with Crippen LogP contribution in [0.3, 0.4) is 0 Å². The van der Waals surface area contributed by atoms with Crippen molar-refractivity contribution in [3.05, 3.63) is 41.4 Å². The molecule has 1 amide bonds. The fourth-order valence-corrected chi connectivity index (χ4v) is 1.51. The van der Waals surface area contributed by atoms with E-state index in [-0.39, 0.29) is 18.8 Å². The number of aliphatic hydroxyl groups is 1. The molecule has 5 nitrogen and oxygen atoms in total. The first-order valence-corrected chi connectivity index (χ1v) is 5.24. The molecular weight excluding hydrogens is 241 g/mol. The Morgan fingerprint density at radius 2 is 2.00 bits per heavy atom. The molecule has 0 atom stereocenters. The van der Waals surface area contributed by atoms with Gasteiger partial charge in [-0.25, -0.2) is 9.18 Å². The average molecular weight is 251 g/mol. The Kier molecular flexibility index (Phi) is 3.27. The molecule has 0 aliphatic carbocycles. The zero-order chi connectivity index (χ0) is 13.1. The third-order valence-corrected chi connectivity index (χ3v) is 2.39. The fourth-order valence-electron chi connectivity index (χ4n) is 1.51. The van der Waals surface area contributed by atoms with Crippen molar-refractivity contribution in [3.8, 4) is 0 Å². The smallest absolute Gasteiger partial charge is 0.347 e. The van der Waals surface area contributed by atoms with Gasteiger partial charge in [-0.2, -0.15) is 0 Å². The third kappa shape index (κ3) is 2.48. The number of anilines is 1. The average Bonchev–Trinajstić information content (AvgIpc) is 2.32. The van der Waals surface area contributed by atoms with Crippen molar-refractivity contribution in [1.82, 2.24) is 0 Å². The molecule has 1 aliphatic heterocycles. The number of carbonyl (C=O) groups is 2. The molecule has 1 aromatic rings. The number of carbonyl (C=O) groups excluding carboxylic acids is 2. The van der Waals surface area contributed by atoms with Gasteiger partial charge >= 0.3 is 5.97 Å². The Morgan fingerprint density at radius 1 is 1.33 bits per heavy atom. The van der Waals surface area contributed by atoms with E-state index in [1.54, 1.807) is 0 Å². The lowest BCUT2D eigenvalue weighted by molar-refractivity contribution is -0.142. The molecule has 6 heteroatoms. The van der Waals surface area contributed by atoms with Gasteiger partial charge in [0.2, 0.25) is 0 Å². The fraction of sp³-hybridized carbons (Fsp3) is 0.167. The van der Waals surface area contributed by atoms with Crippen LogP contribution in [0.15, 0.2) is 35.6 Å². The first kappa shape index (κ1) is 12.1. The molecule has 0 unspecified atom stereocenters. The zero-order valence-corrected chi connectivity index (χ0v) is 9.27. The molecule has 0 bridgehead atoms. The highest BCUT2D eigenvalue weighted by molar-refractivity contribution is 6.21. The van der Waals surface area contributed by atoms with Crippen molar-refractivity contribution < 1.29 is 23.8 Å². The van der Waals surface area contributed by atoms with Gasteiger partial charge in [-0.15, -0.1) is 0 Å². The maximum Gasteiger partial charge on any atom is 0.347 e. The van der Waals surface area contributed by atoms with Crippen LogP contribution in [0.5, 0.6) is 0 Å². The van der Waals surface area contributed by atoms with Gasteiger partial charge in [0.1, 0.15) is 11.6 Å². The minimum absolute atomic E-state index is 0.0536. The summed E-state index contributed by atoms with van der Waals surface area (Å²) in [4.78, 5) is 23.1. The zero-order valence-electron chi connectivity index (χ0n) is 9.27. The lowest BCUT2D eigenvalue weighted by Gasteiger charge is -2.15. The minimum Gasteiger partial charge on any atom is -0.511 e. The summed E-state index contributed by atoms with van der Waals surface area (Å²) < 4.78 is 17.3. The van der Waals surface area contributed by atoms with E-state index in [2.05, 4.69) is 10.1 Å². The second-order valence-corrected chi connectivity index (χ2v) is 3.67. The number of benzene rings is 1. The number of amides is 1. The van der Waals surface area contributed by atoms with Crippen LogP contribution < -0.4 is 5.32 Å². The van der Waals surface area contributed by atoms with Crippen LogP contribution in [-0.2, 0) is 14.3 Å². The van der Waals surface area contributed by atoms with Gasteiger partial charge < -0.3 is 15.2 Å². The standard InChI is InChI=1S/C12H10FNO4/c13-7-1-3-8(4-2-7)14-11(16)10-9(15)5-6-18-12(10)17/h1-4,15H,5-6H2,(H,14,16). The monoisotopic (exact) mass is 251 g/mol.